The number of nitrogens with one attached hydrogen (secondary N) is 1. The van der Waals surface area contributed by atoms with Crippen LogP contribution < -0.4 is 10.1 Å². The van der Waals surface area contributed by atoms with E-state index in [2.05, 4.69) is 11.9 Å². The third kappa shape index (κ3) is 4.92. The highest BCUT2D eigenvalue weighted by Gasteiger charge is 2.59. The Labute approximate surface area is 202 Å². The number of fused-ring (bicyclic) bond motifs is 1. The smallest absolute Gasteiger partial charge is 0.382 e. The van der Waals surface area contributed by atoms with Crippen LogP contribution in [0.25, 0.3) is 0 Å². The molecule has 4 rings (SSSR count). The summed E-state index contributed by atoms with van der Waals surface area (Å²) in [4.78, 5) is 49.9. The molecule has 11 nitrogen and oxygen atoms in total. The number of hydrogen-bond acceptors (Lipinski definition) is 8. The van der Waals surface area contributed by atoms with Crippen molar-refractivity contribution in [1.29, 1.82) is 0 Å². The van der Waals surface area contributed by atoms with Crippen molar-refractivity contribution in [2.24, 2.45) is 0 Å². The molecule has 2 amide bonds. The van der Waals surface area contributed by atoms with Gasteiger partial charge < -0.3 is 19.7 Å². The first-order valence-electron chi connectivity index (χ1n) is 10.5. The number of rotatable bonds is 8. The van der Waals surface area contributed by atoms with E-state index in [1.54, 1.807) is 48.5 Å². The molecule has 2 aromatic carbocycles. The lowest BCUT2D eigenvalue weighted by Crippen LogP contribution is -2.77. The zero-order chi connectivity index (χ0) is 25.1. The predicted octanol–water partition coefficient (Wildman–Crippen LogP) is 0.924. The van der Waals surface area contributed by atoms with E-state index < -0.39 is 57.2 Å². The van der Waals surface area contributed by atoms with Gasteiger partial charge in [0.2, 0.25) is 5.91 Å². The van der Waals surface area contributed by atoms with Gasteiger partial charge in [-0.15, -0.1) is 0 Å². The average molecular weight is 500 g/mol. The maximum absolute atomic E-state index is 12.9. The molecule has 2 saturated heterocycles. The number of carbonyl (C=O) groups excluding carboxylic acids is 3. The van der Waals surface area contributed by atoms with Gasteiger partial charge in [0.1, 0.15) is 17.2 Å². The van der Waals surface area contributed by atoms with Crippen molar-refractivity contribution in [1.82, 2.24) is 10.2 Å². The van der Waals surface area contributed by atoms with Gasteiger partial charge >= 0.3 is 12.2 Å². The molecule has 182 valence electrons. The number of nitro groups is 1. The lowest BCUT2D eigenvalue weighted by atomic mass is 9.98. The Morgan fingerprint density at radius 3 is 2.43 bits per heavy atom. The molecule has 0 bridgehead atoms. The molecular weight excluding hydrogens is 478 g/mol. The van der Waals surface area contributed by atoms with Crippen LogP contribution in [0.15, 0.2) is 72.8 Å². The monoisotopic (exact) mass is 499 g/mol. The molecule has 12 heteroatoms. The van der Waals surface area contributed by atoms with Gasteiger partial charge in [-0.25, -0.2) is 4.79 Å². The lowest BCUT2D eigenvalue weighted by Gasteiger charge is -2.52. The maximum Gasteiger partial charge on any atom is 0.382 e. The highest BCUT2D eigenvalue weighted by atomic mass is 32.2. The highest BCUT2D eigenvalue weighted by molar-refractivity contribution is 7.86. The standard InChI is InChI=1S/C23H21N3O8S/c1-14-13-35(32)22-18(24-17(27)12-33-16-10-6-3-7-11-16)20(28)25(22)19(14)23(29)34-21(26(30)31)15-8-4-2-5-9-15/h2-11,18-19,21-22H,1,12-13H2,(H,24,27)/t18?,19?,21?,22-,35?/m1/s1. The number of amides is 2. The van der Waals surface area contributed by atoms with Gasteiger partial charge in [0.25, 0.3) is 5.91 Å². The van der Waals surface area contributed by atoms with Crippen LogP contribution >= 0.6 is 0 Å². The topological polar surface area (TPSA) is 145 Å². The largest absolute Gasteiger partial charge is 0.484 e. The first-order chi connectivity index (χ1) is 16.8. The van der Waals surface area contributed by atoms with Crippen molar-refractivity contribution in [3.8, 4) is 5.75 Å². The summed E-state index contributed by atoms with van der Waals surface area (Å²) in [5, 5.41) is 13.0. The Morgan fingerprint density at radius 1 is 1.17 bits per heavy atom. The van der Waals surface area contributed by atoms with Gasteiger partial charge in [0, 0.05) is 5.75 Å². The van der Waals surface area contributed by atoms with E-state index in [1.807, 2.05) is 0 Å². The minimum Gasteiger partial charge on any atom is -0.484 e. The van der Waals surface area contributed by atoms with Gasteiger partial charge in [-0.05, 0) is 29.8 Å². The second-order valence-electron chi connectivity index (χ2n) is 7.85. The number of hydrogen-bond donors (Lipinski definition) is 1. The van der Waals surface area contributed by atoms with Crippen molar-refractivity contribution in [2.45, 2.75) is 23.7 Å². The quantitative estimate of drug-likeness (QED) is 0.141. The molecular formula is C23H21N3O8S. The SMILES string of the molecule is C=C1CS(=O)[C@@H]2C(NC(=O)COc3ccccc3)C(=O)N2C1C(=O)OC(c1ccccc1)[N+](=O)[O-]. The summed E-state index contributed by atoms with van der Waals surface area (Å²) >= 11 is 0. The Hall–Kier alpha value is -4.06. The Morgan fingerprint density at radius 2 is 1.80 bits per heavy atom. The van der Waals surface area contributed by atoms with Gasteiger partial charge in [-0.1, -0.05) is 43.0 Å². The summed E-state index contributed by atoms with van der Waals surface area (Å²) in [6.45, 7) is 3.36. The van der Waals surface area contributed by atoms with E-state index in [1.165, 1.54) is 12.1 Å². The van der Waals surface area contributed by atoms with Crippen LogP contribution in [0.1, 0.15) is 11.8 Å². The molecule has 2 aliphatic heterocycles. The van der Waals surface area contributed by atoms with Crippen LogP contribution in [0, 0.1) is 10.1 Å². The minimum atomic E-state index is -1.79. The summed E-state index contributed by atoms with van der Waals surface area (Å²) in [7, 11) is -1.65. The number of esters is 1. The average Bonchev–Trinajstić information content (AvgIpc) is 2.85. The molecule has 0 aromatic heterocycles. The van der Waals surface area contributed by atoms with Crippen molar-refractivity contribution < 1.29 is 33.0 Å². The number of ether oxygens (including phenoxy) is 2. The fourth-order valence-corrected chi connectivity index (χ4v) is 5.56. The van der Waals surface area contributed by atoms with E-state index in [0.717, 1.165) is 4.90 Å². The molecule has 0 radical (unpaired) electrons. The summed E-state index contributed by atoms with van der Waals surface area (Å²) in [5.74, 6) is -2.01. The van der Waals surface area contributed by atoms with E-state index in [-0.39, 0.29) is 23.5 Å². The van der Waals surface area contributed by atoms with Gasteiger partial charge in [-0.3, -0.25) is 23.9 Å². The molecule has 0 saturated carbocycles. The molecule has 4 unspecified atom stereocenters. The van der Waals surface area contributed by atoms with E-state index >= 15 is 0 Å². The molecule has 2 aromatic rings. The molecule has 35 heavy (non-hydrogen) atoms. The van der Waals surface area contributed by atoms with E-state index in [0.29, 0.717) is 5.75 Å². The molecule has 2 fully saturated rings. The Balaban J connectivity index is 1.44. The summed E-state index contributed by atoms with van der Waals surface area (Å²) in [6.07, 6.45) is -1.79. The second kappa shape index (κ2) is 10.1. The molecule has 2 aliphatic rings. The van der Waals surface area contributed by atoms with E-state index in [4.69, 9.17) is 9.47 Å². The third-order valence-electron chi connectivity index (χ3n) is 5.50. The van der Waals surface area contributed by atoms with Gasteiger partial charge in [0.15, 0.2) is 12.6 Å². The first kappa shape index (κ1) is 24.1. The molecule has 1 N–H and O–H groups in total. The van der Waals surface area contributed by atoms with Crippen LogP contribution in [0.5, 0.6) is 5.75 Å². The third-order valence-corrected chi connectivity index (χ3v) is 7.19. The Bertz CT molecular complexity index is 1190. The van der Waals surface area contributed by atoms with E-state index in [9.17, 15) is 28.7 Å². The number of para-hydroxylation sites is 1. The maximum atomic E-state index is 12.9. The summed E-state index contributed by atoms with van der Waals surface area (Å²) < 4.78 is 23.2. The summed E-state index contributed by atoms with van der Waals surface area (Å²) in [5.41, 5.74) is 0.274. The fraction of sp³-hybridized carbons (Fsp3) is 0.261. The van der Waals surface area contributed by atoms with Crippen LogP contribution in [-0.2, 0) is 29.9 Å². The van der Waals surface area contributed by atoms with Crippen LogP contribution in [0.3, 0.4) is 0 Å². The molecule has 0 aliphatic carbocycles. The first-order valence-corrected chi connectivity index (χ1v) is 11.9. The zero-order valence-corrected chi connectivity index (χ0v) is 19.1. The van der Waals surface area contributed by atoms with Crippen molar-refractivity contribution in [2.75, 3.05) is 12.4 Å². The van der Waals surface area contributed by atoms with Crippen molar-refractivity contribution >= 4 is 28.6 Å². The Kier molecular flexibility index (Phi) is 6.92. The van der Waals surface area contributed by atoms with Crippen molar-refractivity contribution in [3.05, 3.63) is 88.5 Å². The lowest BCUT2D eigenvalue weighted by molar-refractivity contribution is -0.576. The second-order valence-corrected chi connectivity index (χ2v) is 9.39. The summed E-state index contributed by atoms with van der Waals surface area (Å²) in [6, 6.07) is 13.7. The van der Waals surface area contributed by atoms with Gasteiger partial charge in [-0.2, -0.15) is 0 Å². The van der Waals surface area contributed by atoms with Crippen LogP contribution in [0.2, 0.25) is 0 Å². The van der Waals surface area contributed by atoms with Crippen LogP contribution in [-0.4, -0.2) is 61.6 Å². The van der Waals surface area contributed by atoms with Gasteiger partial charge in [0.05, 0.1) is 21.3 Å². The minimum absolute atomic E-state index is 0.129. The number of carbonyl (C=O) groups is 3. The normalized spacial score (nSPS) is 23.9. The number of β-lactam (4-membered cyclic amide) rings is 1. The molecule has 5 atom stereocenters. The molecule has 2 heterocycles. The fourth-order valence-electron chi connectivity index (χ4n) is 3.90. The van der Waals surface area contributed by atoms with Crippen molar-refractivity contribution in [3.63, 3.8) is 0 Å². The number of benzene rings is 2. The highest BCUT2D eigenvalue weighted by Crippen LogP contribution is 2.35. The van der Waals surface area contributed by atoms with Crippen LogP contribution in [0.4, 0.5) is 0 Å². The zero-order valence-electron chi connectivity index (χ0n) is 18.3. The molecule has 0 spiro atoms. The predicted molar refractivity (Wildman–Crippen MR) is 123 cm³/mol. The number of nitrogens with zero attached hydrogens (tertiary/aromatic N) is 2.